The number of imide groups is 1. The maximum absolute atomic E-state index is 12.5. The van der Waals surface area contributed by atoms with E-state index in [1.807, 2.05) is 27.7 Å². The Morgan fingerprint density at radius 3 is 2.38 bits per heavy atom. The van der Waals surface area contributed by atoms with Crippen molar-refractivity contribution in [3.05, 3.63) is 46.6 Å². The van der Waals surface area contributed by atoms with E-state index >= 15 is 0 Å². The predicted octanol–water partition coefficient (Wildman–Crippen LogP) is 2.71. The van der Waals surface area contributed by atoms with Crippen molar-refractivity contribution < 1.29 is 18.9 Å². The predicted molar refractivity (Wildman–Crippen MR) is 105 cm³/mol. The first kappa shape index (κ1) is 20.7. The molecule has 0 saturated heterocycles. The van der Waals surface area contributed by atoms with Gasteiger partial charge in [-0.1, -0.05) is 37.6 Å². The average Bonchev–Trinajstić information content (AvgIpc) is 3.19. The standard InChI is InChI=1S/C21H26N4O4/c1-12-7-8-13-14(11-12)17(28)25(16(13)27)10-9-15(26)23-21(5,6)18-22-19(29-24-18)20(2,3)4/h7-8,11H,9-10H2,1-6H3,(H,23,26). The van der Waals surface area contributed by atoms with Crippen LogP contribution in [0.4, 0.5) is 0 Å². The summed E-state index contributed by atoms with van der Waals surface area (Å²) in [6.07, 6.45) is -0.0160. The summed E-state index contributed by atoms with van der Waals surface area (Å²) in [6, 6.07) is 5.14. The Kier molecular flexibility index (Phi) is 5.06. The third-order valence-corrected chi connectivity index (χ3v) is 4.77. The van der Waals surface area contributed by atoms with Crippen LogP contribution >= 0.6 is 0 Å². The molecule has 0 radical (unpaired) electrons. The number of nitrogens with zero attached hydrogens (tertiary/aromatic N) is 3. The molecule has 1 aromatic heterocycles. The molecular weight excluding hydrogens is 372 g/mol. The number of nitrogens with one attached hydrogen (secondary N) is 1. The lowest BCUT2D eigenvalue weighted by atomic mass is 9.97. The molecule has 0 saturated carbocycles. The second-order valence-electron chi connectivity index (χ2n) is 8.91. The van der Waals surface area contributed by atoms with E-state index in [9.17, 15) is 14.4 Å². The summed E-state index contributed by atoms with van der Waals surface area (Å²) in [5.74, 6) is -0.202. The van der Waals surface area contributed by atoms with E-state index in [4.69, 9.17) is 4.52 Å². The lowest BCUT2D eigenvalue weighted by molar-refractivity contribution is -0.123. The van der Waals surface area contributed by atoms with E-state index in [0.29, 0.717) is 22.8 Å². The molecule has 0 unspecified atom stereocenters. The second-order valence-corrected chi connectivity index (χ2v) is 8.91. The molecule has 2 heterocycles. The van der Waals surface area contributed by atoms with E-state index in [1.165, 1.54) is 0 Å². The van der Waals surface area contributed by atoms with Gasteiger partial charge in [0, 0.05) is 18.4 Å². The molecule has 1 N–H and O–H groups in total. The number of rotatable bonds is 5. The molecule has 0 fully saturated rings. The maximum Gasteiger partial charge on any atom is 0.261 e. The van der Waals surface area contributed by atoms with Crippen molar-refractivity contribution >= 4 is 17.7 Å². The van der Waals surface area contributed by atoms with Gasteiger partial charge in [-0.3, -0.25) is 19.3 Å². The maximum atomic E-state index is 12.5. The number of carbonyl (C=O) groups excluding carboxylic acids is 3. The van der Waals surface area contributed by atoms with Crippen molar-refractivity contribution in [2.24, 2.45) is 0 Å². The van der Waals surface area contributed by atoms with Crippen LogP contribution in [0.25, 0.3) is 0 Å². The van der Waals surface area contributed by atoms with Crippen LogP contribution < -0.4 is 5.32 Å². The van der Waals surface area contributed by atoms with Crippen LogP contribution in [0.15, 0.2) is 22.7 Å². The first-order valence-electron chi connectivity index (χ1n) is 9.52. The van der Waals surface area contributed by atoms with Crippen LogP contribution in [0.1, 0.15) is 79.0 Å². The highest BCUT2D eigenvalue weighted by Gasteiger charge is 2.36. The van der Waals surface area contributed by atoms with E-state index in [0.717, 1.165) is 10.5 Å². The molecule has 1 aliphatic heterocycles. The van der Waals surface area contributed by atoms with Gasteiger partial charge in [0.25, 0.3) is 11.8 Å². The molecule has 0 spiro atoms. The third-order valence-electron chi connectivity index (χ3n) is 4.77. The van der Waals surface area contributed by atoms with Gasteiger partial charge in [0.05, 0.1) is 16.7 Å². The third kappa shape index (κ3) is 4.06. The van der Waals surface area contributed by atoms with Gasteiger partial charge in [-0.05, 0) is 32.9 Å². The number of benzene rings is 1. The number of fused-ring (bicyclic) bond motifs is 1. The van der Waals surface area contributed by atoms with Crippen molar-refractivity contribution in [1.29, 1.82) is 0 Å². The molecule has 8 nitrogen and oxygen atoms in total. The summed E-state index contributed by atoms with van der Waals surface area (Å²) in [4.78, 5) is 43.0. The molecule has 2 aromatic rings. The van der Waals surface area contributed by atoms with E-state index in [2.05, 4.69) is 15.5 Å². The molecule has 3 amide bonds. The Labute approximate surface area is 169 Å². The number of amides is 3. The van der Waals surface area contributed by atoms with Crippen LogP contribution in [0.5, 0.6) is 0 Å². The van der Waals surface area contributed by atoms with Gasteiger partial charge in [-0.15, -0.1) is 0 Å². The normalized spacial score (nSPS) is 14.3. The summed E-state index contributed by atoms with van der Waals surface area (Å²) < 4.78 is 5.30. The van der Waals surface area contributed by atoms with Gasteiger partial charge >= 0.3 is 0 Å². The first-order valence-corrected chi connectivity index (χ1v) is 9.52. The van der Waals surface area contributed by atoms with E-state index in [-0.39, 0.29) is 36.1 Å². The molecule has 0 bridgehead atoms. The lowest BCUT2D eigenvalue weighted by Gasteiger charge is -2.23. The fraction of sp³-hybridized carbons (Fsp3) is 0.476. The lowest BCUT2D eigenvalue weighted by Crippen LogP contribution is -2.43. The quantitative estimate of drug-likeness (QED) is 0.777. The molecule has 0 atom stereocenters. The number of aromatic nitrogens is 2. The van der Waals surface area contributed by atoms with Gasteiger partial charge in [0.15, 0.2) is 5.82 Å². The Bertz CT molecular complexity index is 985. The minimum Gasteiger partial charge on any atom is -0.344 e. The first-order chi connectivity index (χ1) is 13.4. The average molecular weight is 398 g/mol. The molecule has 3 rings (SSSR count). The van der Waals surface area contributed by atoms with Crippen LogP contribution in [-0.4, -0.2) is 39.3 Å². The van der Waals surface area contributed by atoms with Gasteiger partial charge < -0.3 is 9.84 Å². The minimum atomic E-state index is -0.858. The van der Waals surface area contributed by atoms with Crippen LogP contribution in [-0.2, 0) is 15.7 Å². The van der Waals surface area contributed by atoms with Crippen LogP contribution in [0, 0.1) is 6.92 Å². The highest BCUT2D eigenvalue weighted by molar-refractivity contribution is 6.21. The number of aryl methyl sites for hydroxylation is 1. The molecule has 29 heavy (non-hydrogen) atoms. The summed E-state index contributed by atoms with van der Waals surface area (Å²) >= 11 is 0. The molecular formula is C21H26N4O4. The monoisotopic (exact) mass is 398 g/mol. The zero-order chi connectivity index (χ0) is 21.6. The van der Waals surface area contributed by atoms with Gasteiger partial charge in [-0.2, -0.15) is 4.98 Å². The Hall–Kier alpha value is -3.03. The van der Waals surface area contributed by atoms with Crippen molar-refractivity contribution in [1.82, 2.24) is 20.4 Å². The fourth-order valence-electron chi connectivity index (χ4n) is 3.07. The van der Waals surface area contributed by atoms with Gasteiger partial charge in [0.1, 0.15) is 0 Å². The minimum absolute atomic E-state index is 0.00674. The Morgan fingerprint density at radius 1 is 1.10 bits per heavy atom. The Morgan fingerprint density at radius 2 is 1.76 bits per heavy atom. The fourth-order valence-corrected chi connectivity index (χ4v) is 3.07. The zero-order valence-electron chi connectivity index (χ0n) is 17.6. The van der Waals surface area contributed by atoms with Crippen LogP contribution in [0.2, 0.25) is 0 Å². The van der Waals surface area contributed by atoms with Crippen molar-refractivity contribution in [2.75, 3.05) is 6.54 Å². The van der Waals surface area contributed by atoms with E-state index in [1.54, 1.807) is 32.0 Å². The van der Waals surface area contributed by atoms with Gasteiger partial charge in [0.2, 0.25) is 11.8 Å². The van der Waals surface area contributed by atoms with Crippen LogP contribution in [0.3, 0.4) is 0 Å². The zero-order valence-corrected chi connectivity index (χ0v) is 17.6. The number of carbonyl (C=O) groups is 3. The Balaban J connectivity index is 1.63. The molecule has 1 aliphatic rings. The summed E-state index contributed by atoms with van der Waals surface area (Å²) in [5.41, 5.74) is 0.513. The second kappa shape index (κ2) is 7.09. The topological polar surface area (TPSA) is 105 Å². The van der Waals surface area contributed by atoms with E-state index < -0.39 is 5.54 Å². The van der Waals surface area contributed by atoms with Crippen molar-refractivity contribution in [3.8, 4) is 0 Å². The smallest absolute Gasteiger partial charge is 0.261 e. The van der Waals surface area contributed by atoms with Gasteiger partial charge in [-0.25, -0.2) is 0 Å². The SMILES string of the molecule is Cc1ccc2c(c1)C(=O)N(CCC(=O)NC(C)(C)c1noc(C(C)(C)C)n1)C2=O. The highest BCUT2D eigenvalue weighted by Crippen LogP contribution is 2.25. The molecule has 8 heteroatoms. The summed E-state index contributed by atoms with van der Waals surface area (Å²) in [5, 5.41) is 6.83. The molecule has 154 valence electrons. The summed E-state index contributed by atoms with van der Waals surface area (Å²) in [6.45, 7) is 11.3. The van der Waals surface area contributed by atoms with Crippen molar-refractivity contribution in [3.63, 3.8) is 0 Å². The van der Waals surface area contributed by atoms with Crippen molar-refractivity contribution in [2.45, 2.75) is 58.9 Å². The number of hydrogen-bond acceptors (Lipinski definition) is 6. The highest BCUT2D eigenvalue weighted by atomic mass is 16.5. The molecule has 1 aromatic carbocycles. The summed E-state index contributed by atoms with van der Waals surface area (Å²) in [7, 11) is 0. The largest absolute Gasteiger partial charge is 0.344 e. The molecule has 0 aliphatic carbocycles. The number of hydrogen-bond donors (Lipinski definition) is 1.